The number of anilines is 3. The first-order valence-electron chi connectivity index (χ1n) is 11.0. The van der Waals surface area contributed by atoms with Gasteiger partial charge in [0.1, 0.15) is 17.2 Å². The van der Waals surface area contributed by atoms with E-state index in [4.69, 9.17) is 26.4 Å². The molecular formula is C26H29N3O4S. The van der Waals surface area contributed by atoms with Crippen molar-refractivity contribution in [1.82, 2.24) is 0 Å². The molecule has 0 spiro atoms. The van der Waals surface area contributed by atoms with E-state index in [1.165, 1.54) is 0 Å². The summed E-state index contributed by atoms with van der Waals surface area (Å²) in [5.41, 5.74) is 3.47. The van der Waals surface area contributed by atoms with Crippen molar-refractivity contribution in [1.29, 1.82) is 0 Å². The number of rotatable bonds is 9. The van der Waals surface area contributed by atoms with Gasteiger partial charge in [0.2, 0.25) is 0 Å². The second-order valence-electron chi connectivity index (χ2n) is 7.31. The van der Waals surface area contributed by atoms with Gasteiger partial charge >= 0.3 is 0 Å². The van der Waals surface area contributed by atoms with Gasteiger partial charge in [0.05, 0.1) is 37.4 Å². The Labute approximate surface area is 205 Å². The maximum atomic E-state index is 12.8. The quantitative estimate of drug-likeness (QED) is 0.332. The number of hydrogen-bond donors (Lipinski definition) is 3. The summed E-state index contributed by atoms with van der Waals surface area (Å²) in [4.78, 5) is 12.8. The van der Waals surface area contributed by atoms with Crippen molar-refractivity contribution in [3.63, 3.8) is 0 Å². The molecule has 0 radical (unpaired) electrons. The van der Waals surface area contributed by atoms with Gasteiger partial charge in [-0.15, -0.1) is 0 Å². The number of amides is 1. The van der Waals surface area contributed by atoms with Crippen molar-refractivity contribution >= 4 is 40.3 Å². The van der Waals surface area contributed by atoms with Crippen LogP contribution < -0.4 is 30.2 Å². The standard InChI is InChI=1S/C26H29N3O4S/c1-5-32-23-16-21(29-26(34)28-19-9-7-8-10-22(19)31-4)24(33-6-2)15-20(23)27-25(30)18-13-11-17(3)12-14-18/h7-16H,5-6H2,1-4H3,(H,27,30)(H2,28,29,34). The molecule has 0 fully saturated rings. The van der Waals surface area contributed by atoms with Crippen LogP contribution in [0.25, 0.3) is 0 Å². The molecule has 0 aliphatic carbocycles. The maximum absolute atomic E-state index is 12.8. The van der Waals surface area contributed by atoms with Gasteiger partial charge in [0, 0.05) is 17.7 Å². The second kappa shape index (κ2) is 11.9. The van der Waals surface area contributed by atoms with E-state index in [1.54, 1.807) is 31.4 Å². The molecule has 0 saturated heterocycles. The Hall–Kier alpha value is -3.78. The van der Waals surface area contributed by atoms with Gasteiger partial charge in [-0.1, -0.05) is 29.8 Å². The minimum Gasteiger partial charge on any atom is -0.495 e. The molecule has 34 heavy (non-hydrogen) atoms. The van der Waals surface area contributed by atoms with Crippen molar-refractivity contribution in [2.75, 3.05) is 36.3 Å². The van der Waals surface area contributed by atoms with Crippen LogP contribution in [0.3, 0.4) is 0 Å². The Balaban J connectivity index is 1.87. The number of methoxy groups -OCH3 is 1. The Morgan fingerprint density at radius 2 is 1.35 bits per heavy atom. The third kappa shape index (κ3) is 6.39. The van der Waals surface area contributed by atoms with Gasteiger partial charge < -0.3 is 30.2 Å². The highest BCUT2D eigenvalue weighted by atomic mass is 32.1. The predicted octanol–water partition coefficient (Wildman–Crippen LogP) is 5.86. The van der Waals surface area contributed by atoms with Crippen LogP contribution in [-0.2, 0) is 0 Å². The molecule has 178 valence electrons. The lowest BCUT2D eigenvalue weighted by molar-refractivity contribution is 0.102. The molecule has 0 aliphatic rings. The largest absolute Gasteiger partial charge is 0.495 e. The van der Waals surface area contributed by atoms with Crippen LogP contribution in [0.1, 0.15) is 29.8 Å². The molecule has 7 nitrogen and oxygen atoms in total. The van der Waals surface area contributed by atoms with Crippen LogP contribution in [0.2, 0.25) is 0 Å². The Bertz CT molecular complexity index is 1150. The number of ether oxygens (including phenoxy) is 3. The maximum Gasteiger partial charge on any atom is 0.255 e. The number of nitrogens with one attached hydrogen (secondary N) is 3. The van der Waals surface area contributed by atoms with Gasteiger partial charge in [-0.25, -0.2) is 0 Å². The van der Waals surface area contributed by atoms with E-state index in [1.807, 2.05) is 57.2 Å². The zero-order chi connectivity index (χ0) is 24.5. The molecule has 0 aliphatic heterocycles. The molecule has 3 rings (SSSR count). The van der Waals surface area contributed by atoms with Crippen molar-refractivity contribution in [2.24, 2.45) is 0 Å². The summed E-state index contributed by atoms with van der Waals surface area (Å²) < 4.78 is 17.0. The molecule has 3 N–H and O–H groups in total. The average Bonchev–Trinajstić information content (AvgIpc) is 2.82. The van der Waals surface area contributed by atoms with E-state index < -0.39 is 0 Å². The van der Waals surface area contributed by atoms with E-state index in [-0.39, 0.29) is 5.91 Å². The summed E-state index contributed by atoms with van der Waals surface area (Å²) in [6.07, 6.45) is 0. The zero-order valence-electron chi connectivity index (χ0n) is 19.7. The first kappa shape index (κ1) is 24.9. The number of para-hydroxylation sites is 2. The number of hydrogen-bond acceptors (Lipinski definition) is 5. The van der Waals surface area contributed by atoms with Crippen LogP contribution in [0.15, 0.2) is 60.7 Å². The zero-order valence-corrected chi connectivity index (χ0v) is 20.5. The monoisotopic (exact) mass is 479 g/mol. The topological polar surface area (TPSA) is 80.8 Å². The Morgan fingerprint density at radius 3 is 1.94 bits per heavy atom. The summed E-state index contributed by atoms with van der Waals surface area (Å²) in [6, 6.07) is 18.3. The number of carbonyl (C=O) groups excluding carboxylic acids is 1. The fraction of sp³-hybridized carbons (Fsp3) is 0.231. The third-order valence-electron chi connectivity index (χ3n) is 4.85. The lowest BCUT2D eigenvalue weighted by Crippen LogP contribution is -2.20. The highest BCUT2D eigenvalue weighted by Crippen LogP contribution is 2.37. The highest BCUT2D eigenvalue weighted by molar-refractivity contribution is 7.80. The van der Waals surface area contributed by atoms with E-state index in [0.29, 0.717) is 52.5 Å². The van der Waals surface area contributed by atoms with Gasteiger partial charge in [-0.2, -0.15) is 0 Å². The Kier molecular flexibility index (Phi) is 8.70. The molecular weight excluding hydrogens is 450 g/mol. The summed E-state index contributed by atoms with van der Waals surface area (Å²) in [5, 5.41) is 9.57. The van der Waals surface area contributed by atoms with Crippen molar-refractivity contribution in [3.05, 3.63) is 71.8 Å². The summed E-state index contributed by atoms with van der Waals surface area (Å²) in [5.74, 6) is 1.45. The minimum atomic E-state index is -0.238. The fourth-order valence-electron chi connectivity index (χ4n) is 3.23. The van der Waals surface area contributed by atoms with Crippen LogP contribution in [-0.4, -0.2) is 31.3 Å². The number of thiocarbonyl (C=S) groups is 1. The third-order valence-corrected chi connectivity index (χ3v) is 5.05. The molecule has 3 aromatic carbocycles. The molecule has 0 unspecified atom stereocenters. The molecule has 0 atom stereocenters. The summed E-state index contributed by atoms with van der Waals surface area (Å²) in [6.45, 7) is 6.59. The number of benzene rings is 3. The summed E-state index contributed by atoms with van der Waals surface area (Å²) in [7, 11) is 1.60. The van der Waals surface area contributed by atoms with E-state index in [2.05, 4.69) is 16.0 Å². The average molecular weight is 480 g/mol. The lowest BCUT2D eigenvalue weighted by Gasteiger charge is -2.19. The van der Waals surface area contributed by atoms with Crippen molar-refractivity contribution in [3.8, 4) is 17.2 Å². The number of carbonyl (C=O) groups is 1. The van der Waals surface area contributed by atoms with Crippen LogP contribution in [0, 0.1) is 6.92 Å². The molecule has 0 heterocycles. The SMILES string of the molecule is CCOc1cc(NC(=S)Nc2ccccc2OC)c(OCC)cc1NC(=O)c1ccc(C)cc1. The van der Waals surface area contributed by atoms with Gasteiger partial charge in [0.15, 0.2) is 5.11 Å². The second-order valence-corrected chi connectivity index (χ2v) is 7.72. The van der Waals surface area contributed by atoms with Crippen molar-refractivity contribution < 1.29 is 19.0 Å². The van der Waals surface area contributed by atoms with Crippen LogP contribution in [0.4, 0.5) is 17.1 Å². The first-order valence-corrected chi connectivity index (χ1v) is 11.4. The molecule has 0 bridgehead atoms. The summed E-state index contributed by atoms with van der Waals surface area (Å²) >= 11 is 5.51. The number of aryl methyl sites for hydroxylation is 1. The molecule has 1 amide bonds. The smallest absolute Gasteiger partial charge is 0.255 e. The highest BCUT2D eigenvalue weighted by Gasteiger charge is 2.16. The predicted molar refractivity (Wildman–Crippen MR) is 141 cm³/mol. The molecule has 0 saturated carbocycles. The fourth-order valence-corrected chi connectivity index (χ4v) is 3.45. The van der Waals surface area contributed by atoms with Gasteiger partial charge in [-0.05, 0) is 57.3 Å². The van der Waals surface area contributed by atoms with Crippen LogP contribution >= 0.6 is 12.2 Å². The van der Waals surface area contributed by atoms with Crippen LogP contribution in [0.5, 0.6) is 17.2 Å². The van der Waals surface area contributed by atoms with Gasteiger partial charge in [-0.3, -0.25) is 4.79 Å². The van der Waals surface area contributed by atoms with Crippen molar-refractivity contribution in [2.45, 2.75) is 20.8 Å². The normalized spacial score (nSPS) is 10.2. The van der Waals surface area contributed by atoms with E-state index in [0.717, 1.165) is 11.3 Å². The first-order chi connectivity index (χ1) is 16.4. The van der Waals surface area contributed by atoms with E-state index >= 15 is 0 Å². The molecule has 3 aromatic rings. The molecule has 0 aromatic heterocycles. The lowest BCUT2D eigenvalue weighted by atomic mass is 10.1. The Morgan fingerprint density at radius 1 is 0.794 bits per heavy atom. The van der Waals surface area contributed by atoms with E-state index in [9.17, 15) is 4.79 Å². The minimum absolute atomic E-state index is 0.238. The molecule has 8 heteroatoms. The van der Waals surface area contributed by atoms with Gasteiger partial charge in [0.25, 0.3) is 5.91 Å².